The minimum absolute atomic E-state index is 0.130. The SMILES string of the molecule is C=CCCCC(N)c1ncc(Cl)cc1Cl. The molecular weight excluding hydrogens is 231 g/mol. The first-order chi connectivity index (χ1) is 7.15. The molecule has 82 valence electrons. The van der Waals surface area contributed by atoms with E-state index in [2.05, 4.69) is 11.6 Å². The van der Waals surface area contributed by atoms with Crippen LogP contribution in [0.25, 0.3) is 0 Å². The first-order valence-corrected chi connectivity index (χ1v) is 5.58. The highest BCUT2D eigenvalue weighted by molar-refractivity contribution is 6.34. The van der Waals surface area contributed by atoms with Gasteiger partial charge in [-0.25, -0.2) is 0 Å². The van der Waals surface area contributed by atoms with E-state index in [1.54, 1.807) is 12.3 Å². The van der Waals surface area contributed by atoms with Crippen molar-refractivity contribution in [2.24, 2.45) is 5.73 Å². The molecule has 0 amide bonds. The van der Waals surface area contributed by atoms with Gasteiger partial charge in [-0.1, -0.05) is 29.3 Å². The van der Waals surface area contributed by atoms with Crippen molar-refractivity contribution in [2.75, 3.05) is 0 Å². The Kier molecular flexibility index (Phi) is 5.09. The lowest BCUT2D eigenvalue weighted by Crippen LogP contribution is -2.12. The summed E-state index contributed by atoms with van der Waals surface area (Å²) in [5.41, 5.74) is 6.68. The van der Waals surface area contributed by atoms with Gasteiger partial charge < -0.3 is 5.73 Å². The van der Waals surface area contributed by atoms with Crippen LogP contribution in [0, 0.1) is 0 Å². The third-order valence-electron chi connectivity index (χ3n) is 2.11. The van der Waals surface area contributed by atoms with Crippen molar-refractivity contribution in [1.82, 2.24) is 4.98 Å². The number of nitrogens with zero attached hydrogens (tertiary/aromatic N) is 1. The molecule has 0 radical (unpaired) electrons. The zero-order valence-corrected chi connectivity index (χ0v) is 9.93. The first-order valence-electron chi connectivity index (χ1n) is 4.82. The second-order valence-corrected chi connectivity index (χ2v) is 4.19. The molecule has 0 aliphatic heterocycles. The topological polar surface area (TPSA) is 38.9 Å². The van der Waals surface area contributed by atoms with Gasteiger partial charge in [0.2, 0.25) is 0 Å². The van der Waals surface area contributed by atoms with E-state index in [1.807, 2.05) is 6.08 Å². The molecule has 0 saturated carbocycles. The maximum atomic E-state index is 5.99. The van der Waals surface area contributed by atoms with Crippen LogP contribution in [0.4, 0.5) is 0 Å². The molecule has 0 aliphatic carbocycles. The summed E-state index contributed by atoms with van der Waals surface area (Å²) in [5.74, 6) is 0. The molecule has 4 heteroatoms. The second-order valence-electron chi connectivity index (χ2n) is 3.35. The lowest BCUT2D eigenvalue weighted by molar-refractivity contribution is 0.603. The highest BCUT2D eigenvalue weighted by Crippen LogP contribution is 2.25. The molecule has 1 rings (SSSR count). The normalized spacial score (nSPS) is 12.5. The van der Waals surface area contributed by atoms with Gasteiger partial charge in [-0.2, -0.15) is 0 Å². The van der Waals surface area contributed by atoms with Gasteiger partial charge in [0.05, 0.1) is 15.7 Å². The molecule has 2 nitrogen and oxygen atoms in total. The second kappa shape index (κ2) is 6.11. The third kappa shape index (κ3) is 3.82. The third-order valence-corrected chi connectivity index (χ3v) is 2.62. The first kappa shape index (κ1) is 12.5. The summed E-state index contributed by atoms with van der Waals surface area (Å²) < 4.78 is 0. The molecule has 2 N–H and O–H groups in total. The van der Waals surface area contributed by atoms with Gasteiger partial charge >= 0.3 is 0 Å². The lowest BCUT2D eigenvalue weighted by Gasteiger charge is -2.11. The number of halogens is 2. The zero-order valence-electron chi connectivity index (χ0n) is 8.42. The molecule has 1 heterocycles. The zero-order chi connectivity index (χ0) is 11.3. The van der Waals surface area contributed by atoms with Crippen molar-refractivity contribution < 1.29 is 0 Å². The van der Waals surface area contributed by atoms with E-state index in [0.29, 0.717) is 15.7 Å². The van der Waals surface area contributed by atoms with Crippen molar-refractivity contribution >= 4 is 23.2 Å². The molecule has 1 aromatic heterocycles. The number of pyridine rings is 1. The molecule has 0 spiro atoms. The monoisotopic (exact) mass is 244 g/mol. The van der Waals surface area contributed by atoms with Crippen molar-refractivity contribution in [3.8, 4) is 0 Å². The van der Waals surface area contributed by atoms with Gasteiger partial charge in [-0.05, 0) is 25.3 Å². The summed E-state index contributed by atoms with van der Waals surface area (Å²) in [6, 6.07) is 1.54. The molecule has 0 saturated heterocycles. The average molecular weight is 245 g/mol. The predicted molar refractivity (Wildman–Crippen MR) is 65.2 cm³/mol. The number of hydrogen-bond acceptors (Lipinski definition) is 2. The Morgan fingerprint density at radius 2 is 2.27 bits per heavy atom. The minimum Gasteiger partial charge on any atom is -0.323 e. The van der Waals surface area contributed by atoms with E-state index in [4.69, 9.17) is 28.9 Å². The average Bonchev–Trinajstić information content (AvgIpc) is 2.17. The van der Waals surface area contributed by atoms with Gasteiger partial charge in [0.1, 0.15) is 0 Å². The standard InChI is InChI=1S/C11H14Cl2N2/c1-2-3-4-5-10(14)11-9(13)6-8(12)7-15-11/h2,6-7,10H,1,3-5,14H2. The van der Waals surface area contributed by atoms with Crippen LogP contribution in [0.5, 0.6) is 0 Å². The van der Waals surface area contributed by atoms with E-state index >= 15 is 0 Å². The summed E-state index contributed by atoms with van der Waals surface area (Å²) in [6.45, 7) is 3.66. The lowest BCUT2D eigenvalue weighted by atomic mass is 10.1. The molecule has 0 aliphatic rings. The van der Waals surface area contributed by atoms with E-state index in [0.717, 1.165) is 19.3 Å². The van der Waals surface area contributed by atoms with Crippen LogP contribution >= 0.6 is 23.2 Å². The quantitative estimate of drug-likeness (QED) is 0.633. The van der Waals surface area contributed by atoms with Crippen LogP contribution in [0.2, 0.25) is 10.0 Å². The van der Waals surface area contributed by atoms with Crippen LogP contribution < -0.4 is 5.73 Å². The fourth-order valence-corrected chi connectivity index (χ4v) is 1.84. The largest absolute Gasteiger partial charge is 0.323 e. The van der Waals surface area contributed by atoms with Crippen LogP contribution in [0.1, 0.15) is 31.0 Å². The summed E-state index contributed by atoms with van der Waals surface area (Å²) in [6.07, 6.45) is 6.24. The molecule has 15 heavy (non-hydrogen) atoms. The van der Waals surface area contributed by atoms with Crippen molar-refractivity contribution in [2.45, 2.75) is 25.3 Å². The van der Waals surface area contributed by atoms with Crippen molar-refractivity contribution in [3.05, 3.63) is 40.7 Å². The molecule has 0 aromatic carbocycles. The summed E-state index contributed by atoms with van der Waals surface area (Å²) in [7, 11) is 0. The highest BCUT2D eigenvalue weighted by Gasteiger charge is 2.11. The van der Waals surface area contributed by atoms with Crippen molar-refractivity contribution in [1.29, 1.82) is 0 Å². The fourth-order valence-electron chi connectivity index (χ4n) is 1.32. The van der Waals surface area contributed by atoms with Crippen LogP contribution in [0.3, 0.4) is 0 Å². The van der Waals surface area contributed by atoms with Gasteiger partial charge in [0, 0.05) is 12.2 Å². The Morgan fingerprint density at radius 1 is 1.53 bits per heavy atom. The molecular formula is C11H14Cl2N2. The number of nitrogens with two attached hydrogens (primary N) is 1. The van der Waals surface area contributed by atoms with E-state index in [-0.39, 0.29) is 6.04 Å². The number of aromatic nitrogens is 1. The van der Waals surface area contributed by atoms with E-state index in [9.17, 15) is 0 Å². The van der Waals surface area contributed by atoms with Crippen LogP contribution in [0.15, 0.2) is 24.9 Å². The summed E-state index contributed by atoms with van der Waals surface area (Å²) >= 11 is 11.7. The summed E-state index contributed by atoms with van der Waals surface area (Å²) in [5, 5.41) is 1.07. The van der Waals surface area contributed by atoms with Gasteiger partial charge in [0.15, 0.2) is 0 Å². The maximum absolute atomic E-state index is 5.99. The van der Waals surface area contributed by atoms with Crippen molar-refractivity contribution in [3.63, 3.8) is 0 Å². The Bertz CT molecular complexity index is 339. The van der Waals surface area contributed by atoms with E-state index in [1.165, 1.54) is 0 Å². The number of rotatable bonds is 5. The predicted octanol–water partition coefficient (Wildman–Crippen LogP) is 3.74. The smallest absolute Gasteiger partial charge is 0.0757 e. The number of hydrogen-bond donors (Lipinski definition) is 1. The van der Waals surface area contributed by atoms with E-state index < -0.39 is 0 Å². The minimum atomic E-state index is -0.130. The number of allylic oxidation sites excluding steroid dienone is 1. The maximum Gasteiger partial charge on any atom is 0.0757 e. The molecule has 1 unspecified atom stereocenters. The molecule has 1 atom stereocenters. The molecule has 0 bridgehead atoms. The molecule has 0 fully saturated rings. The summed E-state index contributed by atoms with van der Waals surface area (Å²) in [4.78, 5) is 4.14. The van der Waals surface area contributed by atoms with Crippen LogP contribution in [-0.4, -0.2) is 4.98 Å². The van der Waals surface area contributed by atoms with Gasteiger partial charge in [0.25, 0.3) is 0 Å². The number of unbranched alkanes of at least 4 members (excludes halogenated alkanes) is 1. The van der Waals surface area contributed by atoms with Gasteiger partial charge in [-0.3, -0.25) is 4.98 Å². The Morgan fingerprint density at radius 3 is 2.87 bits per heavy atom. The Labute approximate surface area is 100 Å². The fraction of sp³-hybridized carbons (Fsp3) is 0.364. The van der Waals surface area contributed by atoms with Gasteiger partial charge in [-0.15, -0.1) is 6.58 Å². The highest BCUT2D eigenvalue weighted by atomic mass is 35.5. The molecule has 1 aromatic rings. The Balaban J connectivity index is 2.64. The van der Waals surface area contributed by atoms with Crippen LogP contribution in [-0.2, 0) is 0 Å². The Hall–Kier alpha value is -0.570.